The van der Waals surface area contributed by atoms with Gasteiger partial charge in [0.25, 0.3) is 5.91 Å². The number of carbonyl (C=O) groups is 2. The van der Waals surface area contributed by atoms with Crippen molar-refractivity contribution in [3.8, 4) is 11.5 Å². The fraction of sp³-hybridized carbons (Fsp3) is 0.229. The van der Waals surface area contributed by atoms with Crippen LogP contribution in [0.4, 0.5) is 0 Å². The van der Waals surface area contributed by atoms with Crippen molar-refractivity contribution in [2.24, 2.45) is 11.0 Å². The molecule has 0 spiro atoms. The lowest BCUT2D eigenvalue weighted by Crippen LogP contribution is -2.50. The van der Waals surface area contributed by atoms with Gasteiger partial charge in [-0.3, -0.25) is 9.59 Å². The Balaban J connectivity index is 1.46. The maximum absolute atomic E-state index is 13.6. The topological polar surface area (TPSA) is 89.0 Å². The Bertz CT molecular complexity index is 1520. The minimum absolute atomic E-state index is 0.197. The maximum Gasteiger partial charge on any atom is 0.262 e. The molecule has 2 amide bonds. The van der Waals surface area contributed by atoms with E-state index in [-0.39, 0.29) is 18.4 Å². The molecule has 2 N–H and O–H groups in total. The zero-order valence-electron chi connectivity index (χ0n) is 24.8. The molecule has 4 aromatic carbocycles. The highest BCUT2D eigenvalue weighted by molar-refractivity contribution is 6.32. The van der Waals surface area contributed by atoms with E-state index in [1.807, 2.05) is 93.6 Å². The summed E-state index contributed by atoms with van der Waals surface area (Å²) in [6, 6.07) is 28.9. The highest BCUT2D eigenvalue weighted by Gasteiger charge is 2.29. The summed E-state index contributed by atoms with van der Waals surface area (Å²) in [5.74, 6) is -0.640. The second-order valence-electron chi connectivity index (χ2n) is 10.4. The van der Waals surface area contributed by atoms with E-state index in [2.05, 4.69) is 15.8 Å². The van der Waals surface area contributed by atoms with Gasteiger partial charge in [0.1, 0.15) is 12.6 Å². The molecule has 0 heterocycles. The van der Waals surface area contributed by atoms with Crippen LogP contribution in [0, 0.1) is 5.92 Å². The summed E-state index contributed by atoms with van der Waals surface area (Å²) >= 11 is 12.5. The first-order valence-corrected chi connectivity index (χ1v) is 15.1. The normalized spacial score (nSPS) is 11.9. The van der Waals surface area contributed by atoms with Crippen LogP contribution in [0.3, 0.4) is 0 Å². The Morgan fingerprint density at radius 1 is 0.841 bits per heavy atom. The van der Waals surface area contributed by atoms with Crippen molar-refractivity contribution < 1.29 is 19.1 Å². The van der Waals surface area contributed by atoms with E-state index in [0.29, 0.717) is 33.7 Å². The van der Waals surface area contributed by atoms with E-state index in [9.17, 15) is 9.59 Å². The quantitative estimate of drug-likeness (QED) is 0.119. The summed E-state index contributed by atoms with van der Waals surface area (Å²) in [4.78, 5) is 26.8. The number of benzene rings is 4. The Hall–Kier alpha value is -4.33. The van der Waals surface area contributed by atoms with Crippen LogP contribution < -0.4 is 20.2 Å². The van der Waals surface area contributed by atoms with Gasteiger partial charge in [0.2, 0.25) is 5.91 Å². The summed E-state index contributed by atoms with van der Waals surface area (Å²) < 4.78 is 11.7. The molecule has 44 heavy (non-hydrogen) atoms. The van der Waals surface area contributed by atoms with Crippen molar-refractivity contribution in [2.75, 3.05) is 6.61 Å². The molecule has 0 aliphatic heterocycles. The van der Waals surface area contributed by atoms with Crippen LogP contribution in [0.5, 0.6) is 11.5 Å². The van der Waals surface area contributed by atoms with Gasteiger partial charge in [0, 0.05) is 5.02 Å². The first kappa shape index (κ1) is 32.6. The average Bonchev–Trinajstić information content (AvgIpc) is 3.01. The van der Waals surface area contributed by atoms with Crippen molar-refractivity contribution in [1.82, 2.24) is 10.7 Å². The minimum Gasteiger partial charge on any atom is -0.490 e. The molecule has 0 saturated heterocycles. The third kappa shape index (κ3) is 8.85. The highest BCUT2D eigenvalue weighted by atomic mass is 35.5. The molecule has 0 aliphatic carbocycles. The minimum atomic E-state index is -0.819. The van der Waals surface area contributed by atoms with E-state index in [0.717, 1.165) is 16.7 Å². The monoisotopic (exact) mass is 631 g/mol. The van der Waals surface area contributed by atoms with Gasteiger partial charge in [-0.15, -0.1) is 0 Å². The van der Waals surface area contributed by atoms with E-state index in [4.69, 9.17) is 32.7 Å². The van der Waals surface area contributed by atoms with Gasteiger partial charge in [-0.1, -0.05) is 110 Å². The second kappa shape index (κ2) is 15.9. The summed E-state index contributed by atoms with van der Waals surface area (Å²) in [6.45, 7) is 6.26. The van der Waals surface area contributed by atoms with Gasteiger partial charge >= 0.3 is 0 Å². The van der Waals surface area contributed by atoms with Crippen molar-refractivity contribution >= 4 is 41.2 Å². The van der Waals surface area contributed by atoms with E-state index in [1.54, 1.807) is 24.3 Å². The summed E-state index contributed by atoms with van der Waals surface area (Å²) in [7, 11) is 0. The van der Waals surface area contributed by atoms with E-state index in [1.165, 1.54) is 6.21 Å². The maximum atomic E-state index is 13.6. The lowest BCUT2D eigenvalue weighted by molar-refractivity contribution is -0.130. The Morgan fingerprint density at radius 2 is 1.45 bits per heavy atom. The number of hydrogen-bond acceptors (Lipinski definition) is 5. The first-order chi connectivity index (χ1) is 21.3. The SMILES string of the molecule is CCOc1cc(/C=N\NC(=O)[C@@H](NC(=O)C(c2ccccc2)c2ccccc2)C(C)C)cc(Cl)c1OCc1ccc(Cl)cc1. The summed E-state index contributed by atoms with van der Waals surface area (Å²) in [5, 5.41) is 8.06. The number of nitrogens with one attached hydrogen (secondary N) is 2. The number of rotatable bonds is 13. The molecular formula is C35H35Cl2N3O4. The van der Waals surface area contributed by atoms with Gasteiger partial charge in [0.15, 0.2) is 11.5 Å². The molecule has 0 aliphatic rings. The van der Waals surface area contributed by atoms with Crippen molar-refractivity contribution in [1.29, 1.82) is 0 Å². The molecule has 0 saturated carbocycles. The van der Waals surface area contributed by atoms with Gasteiger partial charge < -0.3 is 14.8 Å². The number of nitrogens with zero attached hydrogens (tertiary/aromatic N) is 1. The number of carbonyl (C=O) groups excluding carboxylic acids is 2. The molecule has 0 radical (unpaired) electrons. The fourth-order valence-corrected chi connectivity index (χ4v) is 5.00. The molecule has 9 heteroatoms. The number of hydrazone groups is 1. The van der Waals surface area contributed by atoms with Crippen molar-refractivity contribution in [3.63, 3.8) is 0 Å². The molecule has 4 aromatic rings. The predicted octanol–water partition coefficient (Wildman–Crippen LogP) is 7.39. The lowest BCUT2D eigenvalue weighted by atomic mass is 9.89. The fourth-order valence-electron chi connectivity index (χ4n) is 4.60. The lowest BCUT2D eigenvalue weighted by Gasteiger charge is -2.24. The molecule has 4 rings (SSSR count). The predicted molar refractivity (Wildman–Crippen MR) is 176 cm³/mol. The smallest absolute Gasteiger partial charge is 0.262 e. The van der Waals surface area contributed by atoms with Gasteiger partial charge in [-0.05, 0) is 59.4 Å². The summed E-state index contributed by atoms with van der Waals surface area (Å²) in [5.41, 5.74) is 5.75. The van der Waals surface area contributed by atoms with Crippen LogP contribution in [0.1, 0.15) is 48.9 Å². The molecule has 0 bridgehead atoms. The molecular weight excluding hydrogens is 597 g/mol. The van der Waals surface area contributed by atoms with E-state index < -0.39 is 17.9 Å². The Morgan fingerprint density at radius 3 is 2.02 bits per heavy atom. The van der Waals surface area contributed by atoms with Gasteiger partial charge in [0.05, 0.1) is 23.8 Å². The zero-order valence-corrected chi connectivity index (χ0v) is 26.3. The average molecular weight is 633 g/mol. The zero-order chi connectivity index (χ0) is 31.5. The molecule has 1 atom stereocenters. The Kier molecular flexibility index (Phi) is 11.8. The summed E-state index contributed by atoms with van der Waals surface area (Å²) in [6.07, 6.45) is 1.46. The van der Waals surface area contributed by atoms with Crippen LogP contribution in [-0.2, 0) is 16.2 Å². The number of halogens is 2. The van der Waals surface area contributed by atoms with Crippen molar-refractivity contribution in [2.45, 2.75) is 39.3 Å². The van der Waals surface area contributed by atoms with Crippen LogP contribution >= 0.6 is 23.2 Å². The highest BCUT2D eigenvalue weighted by Crippen LogP contribution is 2.37. The van der Waals surface area contributed by atoms with Gasteiger partial charge in [-0.2, -0.15) is 5.10 Å². The first-order valence-electron chi connectivity index (χ1n) is 14.3. The number of amides is 2. The third-order valence-electron chi connectivity index (χ3n) is 6.79. The van der Waals surface area contributed by atoms with Crippen molar-refractivity contribution in [3.05, 3.63) is 129 Å². The largest absolute Gasteiger partial charge is 0.490 e. The second-order valence-corrected chi connectivity index (χ2v) is 11.2. The van der Waals surface area contributed by atoms with Crippen LogP contribution in [0.15, 0.2) is 102 Å². The van der Waals surface area contributed by atoms with E-state index >= 15 is 0 Å². The molecule has 7 nitrogen and oxygen atoms in total. The van der Waals surface area contributed by atoms with Crippen LogP contribution in [-0.4, -0.2) is 30.7 Å². The third-order valence-corrected chi connectivity index (χ3v) is 7.32. The standard InChI is InChI=1S/C35H35Cl2N3O4/c1-4-43-30-20-25(19-29(37)33(30)44-22-24-15-17-28(36)18-16-24)21-38-40-35(42)32(23(2)3)39-34(41)31(26-11-7-5-8-12-26)27-13-9-6-10-14-27/h5-21,23,31-32H,4,22H2,1-3H3,(H,39,41)(H,40,42)/b38-21-/t32-/m0/s1. The van der Waals surface area contributed by atoms with Crippen LogP contribution in [0.2, 0.25) is 10.0 Å². The van der Waals surface area contributed by atoms with Crippen LogP contribution in [0.25, 0.3) is 0 Å². The number of hydrogen-bond donors (Lipinski definition) is 2. The number of ether oxygens (including phenoxy) is 2. The Labute approximate surface area is 268 Å². The molecule has 0 fully saturated rings. The molecule has 0 aromatic heterocycles. The molecule has 228 valence electrons. The van der Waals surface area contributed by atoms with Gasteiger partial charge in [-0.25, -0.2) is 5.43 Å². The molecule has 0 unspecified atom stereocenters.